The summed E-state index contributed by atoms with van der Waals surface area (Å²) in [6, 6.07) is 33.0. The molecule has 6 atom stereocenters. The van der Waals surface area contributed by atoms with Gasteiger partial charge in [-0.2, -0.15) is 0 Å². The Balaban J connectivity index is 0.000000181. The highest BCUT2D eigenvalue weighted by Crippen LogP contribution is 2.47. The Bertz CT molecular complexity index is 1530. The molecule has 2 heterocycles. The van der Waals surface area contributed by atoms with Gasteiger partial charge in [-0.05, 0) is 63.3 Å². The fourth-order valence-corrected chi connectivity index (χ4v) is 6.72. The van der Waals surface area contributed by atoms with E-state index in [4.69, 9.17) is 28.4 Å². The largest absolute Gasteiger partial charge is 0.497 e. The van der Waals surface area contributed by atoms with Crippen LogP contribution in [-0.2, 0) is 9.47 Å². The molecule has 0 bridgehead atoms. The highest BCUT2D eigenvalue weighted by molar-refractivity contribution is 5.47. The molecule has 4 aromatic carbocycles. The Morgan fingerprint density at radius 1 is 0.522 bits per heavy atom. The van der Waals surface area contributed by atoms with Crippen molar-refractivity contribution in [3.8, 4) is 23.0 Å². The third-order valence-corrected chi connectivity index (χ3v) is 8.90. The first-order valence-electron chi connectivity index (χ1n) is 15.6. The molecule has 4 aromatic rings. The van der Waals surface area contributed by atoms with Crippen molar-refractivity contribution in [2.45, 2.75) is 50.6 Å². The van der Waals surface area contributed by atoms with Gasteiger partial charge < -0.3 is 28.4 Å². The smallest absolute Gasteiger partial charge is 0.144 e. The summed E-state index contributed by atoms with van der Waals surface area (Å²) < 4.78 is 34.4. The van der Waals surface area contributed by atoms with Crippen LogP contribution in [0.15, 0.2) is 97.1 Å². The second-order valence-corrected chi connectivity index (χ2v) is 11.6. The van der Waals surface area contributed by atoms with E-state index in [-0.39, 0.29) is 36.7 Å². The van der Waals surface area contributed by atoms with Crippen molar-refractivity contribution >= 4 is 0 Å². The van der Waals surface area contributed by atoms with Crippen molar-refractivity contribution in [3.05, 3.63) is 119 Å². The molecule has 46 heavy (non-hydrogen) atoms. The van der Waals surface area contributed by atoms with Crippen molar-refractivity contribution in [2.75, 3.05) is 42.5 Å². The zero-order chi connectivity index (χ0) is 32.8. The molecule has 2 aliphatic heterocycles. The molecule has 244 valence electrons. The maximum absolute atomic E-state index is 6.28. The molecule has 0 amide bonds. The Hall–Kier alpha value is -4.08. The van der Waals surface area contributed by atoms with E-state index in [1.807, 2.05) is 48.5 Å². The number of rotatable bonds is 8. The monoisotopic (exact) mass is 626 g/mol. The van der Waals surface area contributed by atoms with Gasteiger partial charge in [0.25, 0.3) is 0 Å². The van der Waals surface area contributed by atoms with Crippen molar-refractivity contribution in [2.24, 2.45) is 0 Å². The van der Waals surface area contributed by atoms with Crippen LogP contribution >= 0.6 is 0 Å². The van der Waals surface area contributed by atoms with Crippen molar-refractivity contribution in [3.63, 3.8) is 0 Å². The number of hydrogen-bond acceptors (Lipinski definition) is 8. The van der Waals surface area contributed by atoms with Crippen LogP contribution in [0.3, 0.4) is 0 Å². The first-order chi connectivity index (χ1) is 22.3. The van der Waals surface area contributed by atoms with Crippen LogP contribution in [0.2, 0.25) is 0 Å². The molecule has 0 aliphatic carbocycles. The lowest BCUT2D eigenvalue weighted by atomic mass is 10.0. The van der Waals surface area contributed by atoms with Gasteiger partial charge in [0.05, 0.1) is 58.3 Å². The normalized spacial score (nSPS) is 24.6. The molecular formula is C38H46N2O6. The van der Waals surface area contributed by atoms with Gasteiger partial charge in [-0.25, -0.2) is 0 Å². The molecule has 8 heteroatoms. The van der Waals surface area contributed by atoms with Crippen molar-refractivity contribution in [1.29, 1.82) is 0 Å². The SMILES string of the molecule is COc1ccc(C2O[C@@H](C)C(c3ccccc3)N2C)c(OC)c1.COc1cccc(OC)c1C1O[C@@H](C)C(c2ccccc2)N1C. The molecule has 0 spiro atoms. The van der Waals surface area contributed by atoms with Gasteiger partial charge in [-0.3, -0.25) is 9.80 Å². The molecule has 6 rings (SSSR count). The van der Waals surface area contributed by atoms with E-state index in [1.165, 1.54) is 11.1 Å². The Kier molecular flexibility index (Phi) is 10.9. The minimum atomic E-state index is -0.207. The first kappa shape index (κ1) is 33.3. The van der Waals surface area contributed by atoms with E-state index >= 15 is 0 Å². The topological polar surface area (TPSA) is 61.9 Å². The van der Waals surface area contributed by atoms with Crippen LogP contribution in [0.5, 0.6) is 23.0 Å². The summed E-state index contributed by atoms with van der Waals surface area (Å²) in [5, 5.41) is 0. The fraction of sp³-hybridized carbons (Fsp3) is 0.368. The van der Waals surface area contributed by atoms with E-state index in [0.29, 0.717) is 0 Å². The van der Waals surface area contributed by atoms with E-state index in [0.717, 1.165) is 34.1 Å². The summed E-state index contributed by atoms with van der Waals surface area (Å²) in [6.45, 7) is 4.22. The summed E-state index contributed by atoms with van der Waals surface area (Å²) >= 11 is 0. The molecule has 0 aromatic heterocycles. The van der Waals surface area contributed by atoms with E-state index < -0.39 is 0 Å². The zero-order valence-corrected chi connectivity index (χ0v) is 28.0. The molecule has 2 saturated heterocycles. The molecule has 8 nitrogen and oxygen atoms in total. The van der Waals surface area contributed by atoms with Crippen molar-refractivity contribution in [1.82, 2.24) is 9.80 Å². The summed E-state index contributed by atoms with van der Waals surface area (Å²) in [5.41, 5.74) is 4.46. The summed E-state index contributed by atoms with van der Waals surface area (Å²) in [7, 11) is 10.8. The fourth-order valence-electron chi connectivity index (χ4n) is 6.72. The standard InChI is InChI=1S/2C19H23NO3/c1-13-18(14-9-6-5-7-10-14)20(2)19(23-13)17-15(21-3)11-8-12-16(17)22-4;1-13-18(14-8-6-5-7-9-14)20(2)19(23-13)16-11-10-15(21-3)12-17(16)22-4/h2*5-13,18-19H,1-4H3/t2*13-,18?,19?/m00/s1. The number of likely N-dealkylation sites (N-methyl/N-ethyl adjacent to an activating group) is 2. The lowest BCUT2D eigenvalue weighted by Gasteiger charge is -2.26. The number of ether oxygens (including phenoxy) is 6. The van der Waals surface area contributed by atoms with Crippen LogP contribution in [-0.4, -0.2) is 64.5 Å². The minimum absolute atomic E-state index is 0.0713. The predicted molar refractivity (Wildman–Crippen MR) is 180 cm³/mol. The average molecular weight is 627 g/mol. The lowest BCUT2D eigenvalue weighted by Crippen LogP contribution is -2.24. The molecule has 0 radical (unpaired) electrons. The Labute approximate surface area is 273 Å². The quantitative estimate of drug-likeness (QED) is 0.198. The van der Waals surface area contributed by atoms with Crippen LogP contribution in [0, 0.1) is 0 Å². The number of nitrogens with zero attached hydrogens (tertiary/aromatic N) is 2. The molecule has 0 saturated carbocycles. The lowest BCUT2D eigenvalue weighted by molar-refractivity contribution is 0.00999. The van der Waals surface area contributed by atoms with Crippen LogP contribution in [0.1, 0.15) is 60.6 Å². The van der Waals surface area contributed by atoms with Gasteiger partial charge in [-0.1, -0.05) is 66.7 Å². The van der Waals surface area contributed by atoms with Gasteiger partial charge in [0.2, 0.25) is 0 Å². The van der Waals surface area contributed by atoms with E-state index in [9.17, 15) is 0 Å². The summed E-state index contributed by atoms with van der Waals surface area (Å²) in [4.78, 5) is 4.49. The molecule has 0 N–H and O–H groups in total. The minimum Gasteiger partial charge on any atom is -0.497 e. The van der Waals surface area contributed by atoms with Crippen LogP contribution in [0.25, 0.3) is 0 Å². The van der Waals surface area contributed by atoms with Gasteiger partial charge in [-0.15, -0.1) is 0 Å². The van der Waals surface area contributed by atoms with Gasteiger partial charge in [0, 0.05) is 11.6 Å². The second kappa shape index (κ2) is 15.0. The maximum Gasteiger partial charge on any atom is 0.144 e. The van der Waals surface area contributed by atoms with Gasteiger partial charge in [0.15, 0.2) is 0 Å². The number of hydrogen-bond donors (Lipinski definition) is 0. The summed E-state index contributed by atoms with van der Waals surface area (Å²) in [6.07, 6.45) is -0.182. The zero-order valence-electron chi connectivity index (χ0n) is 28.0. The third kappa shape index (κ3) is 6.71. The van der Waals surface area contributed by atoms with E-state index in [1.54, 1.807) is 28.4 Å². The highest BCUT2D eigenvalue weighted by atomic mass is 16.5. The van der Waals surface area contributed by atoms with Gasteiger partial charge in [0.1, 0.15) is 35.5 Å². The Morgan fingerprint density at radius 2 is 1.00 bits per heavy atom. The third-order valence-electron chi connectivity index (χ3n) is 8.90. The number of methoxy groups -OCH3 is 4. The average Bonchev–Trinajstić information content (AvgIpc) is 3.56. The molecule has 4 unspecified atom stereocenters. The molecule has 2 fully saturated rings. The highest BCUT2D eigenvalue weighted by Gasteiger charge is 2.42. The van der Waals surface area contributed by atoms with Crippen LogP contribution < -0.4 is 18.9 Å². The van der Waals surface area contributed by atoms with E-state index in [2.05, 4.69) is 86.3 Å². The van der Waals surface area contributed by atoms with Crippen molar-refractivity contribution < 1.29 is 28.4 Å². The number of benzene rings is 4. The van der Waals surface area contributed by atoms with Crippen LogP contribution in [0.4, 0.5) is 0 Å². The van der Waals surface area contributed by atoms with Gasteiger partial charge >= 0.3 is 0 Å². The Morgan fingerprint density at radius 3 is 1.48 bits per heavy atom. The second-order valence-electron chi connectivity index (χ2n) is 11.6. The summed E-state index contributed by atoms with van der Waals surface area (Å²) in [5.74, 6) is 3.12. The predicted octanol–water partition coefficient (Wildman–Crippen LogP) is 7.59. The first-order valence-corrected chi connectivity index (χ1v) is 15.6. The molecular weight excluding hydrogens is 580 g/mol. The molecule has 2 aliphatic rings. The maximum atomic E-state index is 6.28.